The summed E-state index contributed by atoms with van der Waals surface area (Å²) in [6.45, 7) is 3.04. The Morgan fingerprint density at radius 2 is 2.40 bits per heavy atom. The van der Waals surface area contributed by atoms with E-state index in [4.69, 9.17) is 16.3 Å². The van der Waals surface area contributed by atoms with Crippen LogP contribution in [-0.2, 0) is 4.74 Å². The summed E-state index contributed by atoms with van der Waals surface area (Å²) in [6, 6.07) is 4.28. The molecule has 2 atom stereocenters. The summed E-state index contributed by atoms with van der Waals surface area (Å²) in [5.41, 5.74) is -0.0804. The van der Waals surface area contributed by atoms with E-state index in [-0.39, 0.29) is 11.6 Å². The maximum atomic E-state index is 5.96. The van der Waals surface area contributed by atoms with E-state index in [9.17, 15) is 0 Å². The predicted octanol–water partition coefficient (Wildman–Crippen LogP) is 3.23. The highest BCUT2D eigenvalue weighted by Crippen LogP contribution is 2.40. The number of nitrogens with one attached hydrogen (secondary N) is 1. The van der Waals surface area contributed by atoms with Gasteiger partial charge in [0.1, 0.15) is 0 Å². The topological polar surface area (TPSA) is 21.3 Å². The third kappa shape index (κ3) is 2.21. The Morgan fingerprint density at radius 1 is 1.60 bits per heavy atom. The van der Waals surface area contributed by atoms with Gasteiger partial charge in [-0.25, -0.2) is 0 Å². The van der Waals surface area contributed by atoms with Crippen LogP contribution in [0.5, 0.6) is 0 Å². The van der Waals surface area contributed by atoms with Crippen LogP contribution >= 0.6 is 22.9 Å². The van der Waals surface area contributed by atoms with Crippen molar-refractivity contribution >= 4 is 22.9 Å². The highest BCUT2D eigenvalue weighted by Gasteiger charge is 2.39. The summed E-state index contributed by atoms with van der Waals surface area (Å²) in [6.07, 6.45) is 2.25. The smallest absolute Gasteiger partial charge is 0.0931 e. The Hall–Kier alpha value is -0.0900. The van der Waals surface area contributed by atoms with Gasteiger partial charge in [0.05, 0.1) is 16.0 Å². The molecule has 0 spiro atoms. The monoisotopic (exact) mass is 245 g/mol. The molecule has 1 aromatic heterocycles. The number of hydrogen-bond donors (Lipinski definition) is 1. The summed E-state index contributed by atoms with van der Waals surface area (Å²) >= 11 is 7.59. The number of likely N-dealkylation sites (N-methyl/N-ethyl adjacent to an activating group) is 1. The van der Waals surface area contributed by atoms with Crippen molar-refractivity contribution in [1.82, 2.24) is 5.32 Å². The summed E-state index contributed by atoms with van der Waals surface area (Å²) in [7, 11) is 1.98. The number of ether oxygens (including phenoxy) is 1. The molecule has 0 aromatic carbocycles. The Labute approximate surface area is 99.6 Å². The van der Waals surface area contributed by atoms with Gasteiger partial charge >= 0.3 is 0 Å². The Balaban J connectivity index is 2.23. The van der Waals surface area contributed by atoms with Crippen molar-refractivity contribution < 1.29 is 4.74 Å². The molecule has 2 heterocycles. The zero-order valence-electron chi connectivity index (χ0n) is 9.05. The van der Waals surface area contributed by atoms with Gasteiger partial charge in [-0.3, -0.25) is 0 Å². The molecule has 0 radical (unpaired) electrons. The lowest BCUT2D eigenvalue weighted by Gasteiger charge is -2.32. The van der Waals surface area contributed by atoms with Crippen molar-refractivity contribution in [2.24, 2.45) is 0 Å². The fourth-order valence-electron chi connectivity index (χ4n) is 2.26. The molecule has 0 saturated carbocycles. The minimum Gasteiger partial charge on any atom is -0.373 e. The van der Waals surface area contributed by atoms with Crippen LogP contribution in [0.3, 0.4) is 0 Å². The summed E-state index contributed by atoms with van der Waals surface area (Å²) in [4.78, 5) is 1.26. The molecule has 1 aliphatic rings. The zero-order valence-corrected chi connectivity index (χ0v) is 10.6. The van der Waals surface area contributed by atoms with Crippen LogP contribution in [-0.4, -0.2) is 19.3 Å². The largest absolute Gasteiger partial charge is 0.373 e. The summed E-state index contributed by atoms with van der Waals surface area (Å²) in [5.74, 6) is 0. The Bertz CT molecular complexity index is 333. The van der Waals surface area contributed by atoms with Gasteiger partial charge in [0.2, 0.25) is 0 Å². The fraction of sp³-hybridized carbons (Fsp3) is 0.636. The second-order valence-corrected chi connectivity index (χ2v) is 5.87. The first-order valence-electron chi connectivity index (χ1n) is 5.22. The van der Waals surface area contributed by atoms with Crippen LogP contribution in [0.1, 0.15) is 30.7 Å². The van der Waals surface area contributed by atoms with Crippen LogP contribution in [0.2, 0.25) is 4.34 Å². The molecule has 15 heavy (non-hydrogen) atoms. The lowest BCUT2D eigenvalue weighted by molar-refractivity contribution is -0.00948. The van der Waals surface area contributed by atoms with Crippen molar-refractivity contribution in [3.63, 3.8) is 0 Å². The van der Waals surface area contributed by atoms with Crippen LogP contribution in [0.4, 0.5) is 0 Å². The number of hydrogen-bond acceptors (Lipinski definition) is 3. The van der Waals surface area contributed by atoms with Crippen LogP contribution in [0.15, 0.2) is 12.1 Å². The van der Waals surface area contributed by atoms with Crippen molar-refractivity contribution in [3.8, 4) is 0 Å². The second kappa shape index (κ2) is 4.42. The minimum absolute atomic E-state index is 0.0804. The molecule has 1 saturated heterocycles. The highest BCUT2D eigenvalue weighted by molar-refractivity contribution is 7.16. The molecule has 1 aromatic rings. The molecule has 1 fully saturated rings. The van der Waals surface area contributed by atoms with Crippen molar-refractivity contribution in [3.05, 3.63) is 21.3 Å². The normalized spacial score (nSPS) is 28.2. The third-order valence-electron chi connectivity index (χ3n) is 3.03. The molecule has 2 rings (SSSR count). The number of rotatable bonds is 3. The molecular formula is C11H16ClNOS. The van der Waals surface area contributed by atoms with Crippen LogP contribution in [0, 0.1) is 0 Å². The molecule has 0 amide bonds. The lowest BCUT2D eigenvalue weighted by atomic mass is 9.92. The first kappa shape index (κ1) is 11.4. The average molecular weight is 246 g/mol. The molecule has 1 N–H and O–H groups in total. The van der Waals surface area contributed by atoms with Crippen molar-refractivity contribution in [2.45, 2.75) is 31.4 Å². The van der Waals surface area contributed by atoms with Gasteiger partial charge in [0.15, 0.2) is 0 Å². The molecular weight excluding hydrogens is 230 g/mol. The molecule has 1 aliphatic heterocycles. The minimum atomic E-state index is -0.0804. The predicted molar refractivity (Wildman–Crippen MR) is 64.7 cm³/mol. The molecule has 4 heteroatoms. The van der Waals surface area contributed by atoms with E-state index in [0.29, 0.717) is 0 Å². The summed E-state index contributed by atoms with van der Waals surface area (Å²) in [5, 5.41) is 3.34. The van der Waals surface area contributed by atoms with E-state index in [0.717, 1.165) is 23.8 Å². The highest BCUT2D eigenvalue weighted by atomic mass is 35.5. The van der Waals surface area contributed by atoms with Gasteiger partial charge in [-0.05, 0) is 38.9 Å². The van der Waals surface area contributed by atoms with E-state index < -0.39 is 0 Å². The average Bonchev–Trinajstić information content (AvgIpc) is 2.78. The second-order valence-electron chi connectivity index (χ2n) is 4.13. The Kier molecular flexibility index (Phi) is 3.36. The molecule has 2 nitrogen and oxygen atoms in total. The van der Waals surface area contributed by atoms with E-state index in [1.54, 1.807) is 11.3 Å². The van der Waals surface area contributed by atoms with Gasteiger partial charge in [-0.1, -0.05) is 11.6 Å². The third-order valence-corrected chi connectivity index (χ3v) is 4.32. The van der Waals surface area contributed by atoms with Crippen LogP contribution in [0.25, 0.3) is 0 Å². The van der Waals surface area contributed by atoms with E-state index in [2.05, 4.69) is 18.3 Å². The van der Waals surface area contributed by atoms with E-state index >= 15 is 0 Å². The standard InChI is InChI=1S/C11H16ClNOS/c1-11(6-3-7-14-11)10(13-2)8-4-5-9(12)15-8/h4-5,10,13H,3,6-7H2,1-2H3. The molecule has 0 bridgehead atoms. The van der Waals surface area contributed by atoms with Gasteiger partial charge in [0, 0.05) is 11.5 Å². The fourth-order valence-corrected chi connectivity index (χ4v) is 3.57. The van der Waals surface area contributed by atoms with Crippen molar-refractivity contribution in [2.75, 3.05) is 13.7 Å². The SMILES string of the molecule is CNC(c1ccc(Cl)s1)C1(C)CCCO1. The van der Waals surface area contributed by atoms with Gasteiger partial charge in [-0.15, -0.1) is 11.3 Å². The van der Waals surface area contributed by atoms with E-state index in [1.165, 1.54) is 4.88 Å². The maximum Gasteiger partial charge on any atom is 0.0931 e. The zero-order chi connectivity index (χ0) is 10.9. The van der Waals surface area contributed by atoms with Gasteiger partial charge in [0.25, 0.3) is 0 Å². The number of thiophene rings is 1. The Morgan fingerprint density at radius 3 is 2.87 bits per heavy atom. The quantitative estimate of drug-likeness (QED) is 0.883. The lowest BCUT2D eigenvalue weighted by Crippen LogP contribution is -2.39. The molecule has 2 unspecified atom stereocenters. The number of halogens is 1. The van der Waals surface area contributed by atoms with Gasteiger partial charge in [-0.2, -0.15) is 0 Å². The maximum absolute atomic E-state index is 5.96. The first-order chi connectivity index (χ1) is 7.15. The first-order valence-corrected chi connectivity index (χ1v) is 6.41. The van der Waals surface area contributed by atoms with Gasteiger partial charge < -0.3 is 10.1 Å². The van der Waals surface area contributed by atoms with Crippen molar-refractivity contribution in [1.29, 1.82) is 0 Å². The molecule has 84 valence electrons. The van der Waals surface area contributed by atoms with Crippen LogP contribution < -0.4 is 5.32 Å². The van der Waals surface area contributed by atoms with E-state index in [1.807, 2.05) is 13.1 Å². The summed E-state index contributed by atoms with van der Waals surface area (Å²) < 4.78 is 6.70. The molecule has 0 aliphatic carbocycles.